The van der Waals surface area contributed by atoms with Crippen LogP contribution in [-0.4, -0.2) is 17.2 Å². The van der Waals surface area contributed by atoms with Crippen LogP contribution in [0.4, 0.5) is 0 Å². The summed E-state index contributed by atoms with van der Waals surface area (Å²) in [4.78, 5) is 0. The highest BCUT2D eigenvalue weighted by molar-refractivity contribution is 7.19. The number of benzene rings is 8. The summed E-state index contributed by atoms with van der Waals surface area (Å²) in [7, 11) is -2.88. The van der Waals surface area contributed by atoms with Gasteiger partial charge in [0.05, 0.1) is 27.5 Å². The van der Waals surface area contributed by atoms with Gasteiger partial charge in [-0.2, -0.15) is 0 Å². The van der Waals surface area contributed by atoms with Crippen molar-refractivity contribution in [1.82, 2.24) is 9.13 Å². The largest absolute Gasteiger partial charge is 0.309 e. The van der Waals surface area contributed by atoms with Crippen molar-refractivity contribution in [2.24, 2.45) is 0 Å². The lowest BCUT2D eigenvalue weighted by Gasteiger charge is -2.34. The molecule has 10 aromatic rings. The molecule has 10 rings (SSSR count). The van der Waals surface area contributed by atoms with Crippen LogP contribution in [0.3, 0.4) is 0 Å². The monoisotopic (exact) mass is 670 g/mol. The first kappa shape index (κ1) is 25.5. The van der Waals surface area contributed by atoms with E-state index in [9.17, 15) is 0 Å². The van der Waals surface area contributed by atoms with Crippen molar-refractivity contribution in [2.75, 3.05) is 0 Å². The Morgan fingerprint density at radius 1 is 0.294 bits per heavy atom. The van der Waals surface area contributed by atoms with E-state index in [0.29, 0.717) is 24.2 Å². The Labute approximate surface area is 303 Å². The fraction of sp³-hybridized carbons (Fsp3) is 0. The maximum Gasteiger partial charge on any atom is 0.179 e. The Balaban J connectivity index is 1.18. The summed E-state index contributed by atoms with van der Waals surface area (Å²) < 4.78 is 37.8. The van der Waals surface area contributed by atoms with Gasteiger partial charge in [0, 0.05) is 32.9 Å². The molecule has 0 amide bonds. The topological polar surface area (TPSA) is 9.86 Å². The third-order valence-electron chi connectivity index (χ3n) is 10.4. The molecule has 0 N–H and O–H groups in total. The minimum atomic E-state index is -2.88. The number of hydrogen-bond donors (Lipinski definition) is 0. The van der Waals surface area contributed by atoms with Crippen LogP contribution in [0, 0.1) is 0 Å². The minimum absolute atomic E-state index is 0.451. The summed E-state index contributed by atoms with van der Waals surface area (Å²) in [5.74, 6) is 0. The molecule has 2 heterocycles. The van der Waals surface area contributed by atoms with E-state index in [0.717, 1.165) is 55.0 Å². The van der Waals surface area contributed by atoms with Crippen LogP contribution < -0.4 is 20.7 Å². The van der Waals surface area contributed by atoms with E-state index >= 15 is 0 Å². The zero-order chi connectivity index (χ0) is 37.3. The molecule has 0 unspecified atom stereocenters. The molecule has 2 nitrogen and oxygen atoms in total. The van der Waals surface area contributed by atoms with Gasteiger partial charge in [-0.3, -0.25) is 0 Å². The van der Waals surface area contributed by atoms with Crippen LogP contribution in [0.25, 0.3) is 55.0 Å². The van der Waals surface area contributed by atoms with E-state index in [1.54, 1.807) is 0 Å². The smallest absolute Gasteiger partial charge is 0.179 e. The zero-order valence-electron chi connectivity index (χ0n) is 31.7. The van der Waals surface area contributed by atoms with Crippen LogP contribution in [0.5, 0.6) is 0 Å². The van der Waals surface area contributed by atoms with E-state index in [1.807, 2.05) is 72.8 Å². The molecule has 0 fully saturated rings. The summed E-state index contributed by atoms with van der Waals surface area (Å²) in [6.07, 6.45) is 0. The molecule has 0 radical (unpaired) electrons. The molecule has 0 bridgehead atoms. The first-order valence-corrected chi connectivity index (χ1v) is 19.3. The predicted molar refractivity (Wildman–Crippen MR) is 219 cm³/mol. The maximum atomic E-state index is 8.34. The van der Waals surface area contributed by atoms with Crippen molar-refractivity contribution < 1.29 is 5.48 Å². The molecule has 51 heavy (non-hydrogen) atoms. The molecule has 0 saturated carbocycles. The molecule has 0 aliphatic carbocycles. The van der Waals surface area contributed by atoms with Gasteiger partial charge < -0.3 is 9.13 Å². The summed E-state index contributed by atoms with van der Waals surface area (Å²) in [5, 5.41) is 8.98. The van der Waals surface area contributed by atoms with Crippen LogP contribution >= 0.6 is 0 Å². The highest BCUT2D eigenvalue weighted by atomic mass is 28.3. The van der Waals surface area contributed by atoms with E-state index < -0.39 is 8.07 Å². The minimum Gasteiger partial charge on any atom is -0.309 e. The van der Waals surface area contributed by atoms with Crippen LogP contribution in [0.2, 0.25) is 0 Å². The van der Waals surface area contributed by atoms with Gasteiger partial charge in [-0.1, -0.05) is 158 Å². The second kappa shape index (κ2) is 11.9. The maximum absolute atomic E-state index is 8.34. The van der Waals surface area contributed by atoms with Crippen molar-refractivity contribution in [3.63, 3.8) is 0 Å². The molecular weight excluding hydrogens is 633 g/mol. The number of fused-ring (bicyclic) bond motifs is 6. The number of aromatic nitrogens is 2. The third-order valence-corrected chi connectivity index (χ3v) is 15.2. The molecule has 0 saturated heterocycles. The lowest BCUT2D eigenvalue weighted by atomic mass is 10.2. The Kier molecular flexibility index (Phi) is 5.94. The van der Waals surface area contributed by atoms with Crippen LogP contribution in [0.15, 0.2) is 206 Å². The van der Waals surface area contributed by atoms with Gasteiger partial charge >= 0.3 is 0 Å². The fourth-order valence-electron chi connectivity index (χ4n) is 8.24. The van der Waals surface area contributed by atoms with Crippen molar-refractivity contribution in [3.05, 3.63) is 206 Å². The van der Waals surface area contributed by atoms with Gasteiger partial charge in [0.15, 0.2) is 8.07 Å². The molecule has 8 aromatic carbocycles. The van der Waals surface area contributed by atoms with Gasteiger partial charge in [0.1, 0.15) is 0 Å². The quantitative estimate of drug-likeness (QED) is 0.123. The molecule has 0 aliphatic rings. The molecule has 2 aromatic heterocycles. The Morgan fingerprint density at radius 3 is 0.902 bits per heavy atom. The molecule has 0 aliphatic heterocycles. The van der Waals surface area contributed by atoms with Crippen LogP contribution in [-0.2, 0) is 0 Å². The van der Waals surface area contributed by atoms with Crippen molar-refractivity contribution in [3.8, 4) is 11.4 Å². The highest BCUT2D eigenvalue weighted by Crippen LogP contribution is 2.33. The van der Waals surface area contributed by atoms with E-state index in [2.05, 4.69) is 118 Å². The summed E-state index contributed by atoms with van der Waals surface area (Å²) in [6, 6.07) is 64.7. The van der Waals surface area contributed by atoms with Crippen molar-refractivity contribution >= 4 is 72.4 Å². The second-order valence-electron chi connectivity index (χ2n) is 13.0. The van der Waals surface area contributed by atoms with E-state index in [-0.39, 0.29) is 0 Å². The Morgan fingerprint density at radius 2 is 0.588 bits per heavy atom. The Bertz CT molecular complexity index is 2730. The van der Waals surface area contributed by atoms with E-state index in [4.69, 9.17) is 5.48 Å². The number of para-hydroxylation sites is 4. The fourth-order valence-corrected chi connectivity index (χ4v) is 13.0. The lowest BCUT2D eigenvalue weighted by Crippen LogP contribution is -2.74. The molecule has 0 atom stereocenters. The third kappa shape index (κ3) is 4.49. The number of nitrogens with zero attached hydrogens (tertiary/aromatic N) is 2. The van der Waals surface area contributed by atoms with Gasteiger partial charge in [0.2, 0.25) is 0 Å². The highest BCUT2D eigenvalue weighted by Gasteiger charge is 2.41. The van der Waals surface area contributed by atoms with Gasteiger partial charge in [-0.05, 0) is 69.3 Å². The van der Waals surface area contributed by atoms with Crippen molar-refractivity contribution in [1.29, 1.82) is 0 Å². The van der Waals surface area contributed by atoms with Crippen molar-refractivity contribution in [2.45, 2.75) is 0 Å². The van der Waals surface area contributed by atoms with E-state index in [1.165, 1.54) is 20.7 Å². The summed E-state index contributed by atoms with van der Waals surface area (Å²) >= 11 is 0. The molecule has 0 spiro atoms. The standard InChI is InChI=1S/C48H34N2Si/c1-3-15-37(16-4-1)51(38-17-5-2-6-18-38,39-31-27-35(28-32-39)49-45-23-11-7-19-41(45)42-20-8-12-24-46(42)49)40-33-29-36(30-34-40)50-47-25-13-9-21-43(47)44-22-10-14-26-48(44)50/h1-34H/i7D,8D,9D,10D. The molecule has 3 heteroatoms. The van der Waals surface area contributed by atoms with Gasteiger partial charge in [-0.15, -0.1) is 0 Å². The number of hydrogen-bond acceptors (Lipinski definition) is 0. The normalized spacial score (nSPS) is 13.0. The average Bonchev–Trinajstić information content (AvgIpc) is 3.70. The van der Waals surface area contributed by atoms with Gasteiger partial charge in [0.25, 0.3) is 0 Å². The second-order valence-corrected chi connectivity index (χ2v) is 16.8. The molecular formula is C48H34N2Si. The first-order chi connectivity index (χ1) is 26.9. The average molecular weight is 671 g/mol. The first-order valence-electron chi connectivity index (χ1n) is 19.3. The summed E-state index contributed by atoms with van der Waals surface area (Å²) in [5.41, 5.74) is 6.10. The zero-order valence-corrected chi connectivity index (χ0v) is 28.7. The summed E-state index contributed by atoms with van der Waals surface area (Å²) in [6.45, 7) is 0. The SMILES string of the molecule is [2H]c1ccc2c(c1)c1cc([2H])ccc1n2-c1ccc([Si](c2ccccc2)(c2ccccc2)c2ccc(-n3c4ccc([2H])cc4c4cc([2H])ccc43)cc2)cc1. The predicted octanol–water partition coefficient (Wildman–Crippen LogP) is 9.26. The Hall–Kier alpha value is -6.42. The molecule has 240 valence electrons. The number of rotatable bonds is 6. The van der Waals surface area contributed by atoms with Gasteiger partial charge in [-0.25, -0.2) is 0 Å². The lowest BCUT2D eigenvalue weighted by molar-refractivity contribution is 1.18. The van der Waals surface area contributed by atoms with Crippen LogP contribution in [0.1, 0.15) is 5.48 Å².